The van der Waals surface area contributed by atoms with Gasteiger partial charge in [-0.3, -0.25) is 52.7 Å². The van der Waals surface area contributed by atoms with Gasteiger partial charge in [-0.1, -0.05) is 98.8 Å². The van der Waals surface area contributed by atoms with Crippen LogP contribution in [-0.4, -0.2) is 157 Å². The minimum absolute atomic E-state index is 0.0117. The number of phenols is 2. The highest BCUT2D eigenvalue weighted by Gasteiger charge is 2.35. The predicted molar refractivity (Wildman–Crippen MR) is 297 cm³/mol. The topological polar surface area (TPSA) is 448 Å². The maximum Gasteiger partial charge on any atom is 0.326 e. The van der Waals surface area contributed by atoms with Crippen molar-refractivity contribution in [1.82, 2.24) is 42.5 Å². The van der Waals surface area contributed by atoms with Crippen LogP contribution in [0.15, 0.2) is 109 Å². The fourth-order valence-electron chi connectivity index (χ4n) is 8.34. The molecule has 0 aliphatic carbocycles. The van der Waals surface area contributed by atoms with Crippen LogP contribution in [-0.2, 0) is 83.2 Å². The molecular formula is C57H69N9O18. The van der Waals surface area contributed by atoms with Crippen molar-refractivity contribution >= 4 is 71.1 Å². The fourth-order valence-corrected chi connectivity index (χ4v) is 8.34. The number of nitrogens with one attached hydrogen (secondary N) is 8. The van der Waals surface area contributed by atoms with E-state index in [0.29, 0.717) is 22.3 Å². The van der Waals surface area contributed by atoms with Crippen molar-refractivity contribution in [1.29, 1.82) is 0 Å². The minimum Gasteiger partial charge on any atom is -0.508 e. The molecule has 450 valence electrons. The molecule has 0 heterocycles. The molecule has 27 heteroatoms. The molecule has 0 saturated carbocycles. The lowest BCUT2D eigenvalue weighted by atomic mass is 10.0. The molecule has 0 spiro atoms. The third-order valence-electron chi connectivity index (χ3n) is 12.6. The molecule has 4 aromatic carbocycles. The van der Waals surface area contributed by atoms with Gasteiger partial charge in [0.2, 0.25) is 47.3 Å². The van der Waals surface area contributed by atoms with Gasteiger partial charge in [0.05, 0.1) is 25.4 Å². The Hall–Kier alpha value is -9.92. The van der Waals surface area contributed by atoms with Crippen molar-refractivity contribution in [3.8, 4) is 11.5 Å². The Morgan fingerprint density at radius 1 is 0.405 bits per heavy atom. The number of nitrogens with two attached hydrogens (primary N) is 1. The van der Waals surface area contributed by atoms with Crippen LogP contribution in [0.4, 0.5) is 0 Å². The fraction of sp³-hybridized carbons (Fsp3) is 0.368. The van der Waals surface area contributed by atoms with Crippen LogP contribution in [0.5, 0.6) is 11.5 Å². The Bertz CT molecular complexity index is 2950. The molecule has 0 aliphatic heterocycles. The normalized spacial score (nSPS) is 13.8. The summed E-state index contributed by atoms with van der Waals surface area (Å²) in [7, 11) is 0. The van der Waals surface area contributed by atoms with E-state index in [-0.39, 0.29) is 49.5 Å². The van der Waals surface area contributed by atoms with E-state index in [0.717, 1.165) is 0 Å². The zero-order chi connectivity index (χ0) is 62.0. The molecule has 8 amide bonds. The number of aliphatic carboxylic acids is 4. The van der Waals surface area contributed by atoms with Crippen LogP contribution < -0.4 is 48.3 Å². The Labute approximate surface area is 481 Å². The van der Waals surface area contributed by atoms with Crippen LogP contribution in [0, 0.1) is 5.92 Å². The van der Waals surface area contributed by atoms with E-state index in [2.05, 4.69) is 42.5 Å². The Morgan fingerprint density at radius 3 is 1.21 bits per heavy atom. The second-order valence-corrected chi connectivity index (χ2v) is 20.0. The number of rotatable bonds is 34. The van der Waals surface area contributed by atoms with E-state index in [1.54, 1.807) is 74.5 Å². The van der Waals surface area contributed by atoms with Crippen molar-refractivity contribution in [2.45, 2.75) is 120 Å². The molecule has 0 fully saturated rings. The molecule has 0 bridgehead atoms. The van der Waals surface area contributed by atoms with Crippen molar-refractivity contribution < 1.29 is 88.2 Å². The minimum atomic E-state index is -1.93. The van der Waals surface area contributed by atoms with Gasteiger partial charge in [-0.25, -0.2) is 4.79 Å². The lowest BCUT2D eigenvalue weighted by Crippen LogP contribution is -2.60. The van der Waals surface area contributed by atoms with E-state index in [4.69, 9.17) is 5.73 Å². The summed E-state index contributed by atoms with van der Waals surface area (Å²) in [5.74, 6) is -14.7. The molecule has 0 unspecified atom stereocenters. The van der Waals surface area contributed by atoms with E-state index >= 15 is 0 Å². The molecule has 0 aromatic heterocycles. The standard InChI is InChI=1S/C57H69N9O18/c1-31(2)23-40(63-54(80)42(24-32-9-5-3-6-10-32)62-50(76)38(58)28-48(72)73)51(77)59-30-46(69)60-41(26-34-13-17-36(67)18-14-34)53(79)61-39(21-22-47(70)71)52(78)64-43(25-33-11-7-4-8-12-33)55(81)65-44(29-49(74)75)56(82)66-45(57(83)84)27-35-15-19-37(68)20-16-35/h3-20,31,38-45,67-68H,21-30,58H2,1-2H3,(H,59,77)(H,60,69)(H,61,79)(H,62,76)(H,63,80)(H,64,78)(H,65,81)(H,66,82)(H,70,71)(H,72,73)(H,74,75)(H,83,84)/t38-,39-,40-,41-,42-,43-,44-,45-/m0/s1. The van der Waals surface area contributed by atoms with Gasteiger partial charge in [-0.05, 0) is 65.3 Å². The quantitative estimate of drug-likeness (QED) is 0.0271. The first-order chi connectivity index (χ1) is 39.8. The number of carboxylic acid groups (broad SMARTS) is 4. The van der Waals surface area contributed by atoms with Crippen LogP contribution in [0.2, 0.25) is 0 Å². The monoisotopic (exact) mass is 1170 g/mol. The van der Waals surface area contributed by atoms with Crippen molar-refractivity contribution in [2.24, 2.45) is 11.7 Å². The van der Waals surface area contributed by atoms with E-state index in [9.17, 15) is 88.2 Å². The Kier molecular flexibility index (Phi) is 26.3. The highest BCUT2D eigenvalue weighted by Crippen LogP contribution is 2.15. The van der Waals surface area contributed by atoms with Gasteiger partial charge in [0, 0.05) is 32.1 Å². The lowest BCUT2D eigenvalue weighted by Gasteiger charge is -2.27. The predicted octanol–water partition coefficient (Wildman–Crippen LogP) is -0.850. The molecule has 16 N–H and O–H groups in total. The Morgan fingerprint density at radius 2 is 0.774 bits per heavy atom. The summed E-state index contributed by atoms with van der Waals surface area (Å²) in [6.45, 7) is 2.67. The maximum atomic E-state index is 14.3. The largest absolute Gasteiger partial charge is 0.508 e. The molecule has 4 rings (SSSR count). The highest BCUT2D eigenvalue weighted by atomic mass is 16.4. The second-order valence-electron chi connectivity index (χ2n) is 20.0. The first kappa shape index (κ1) is 66.6. The van der Waals surface area contributed by atoms with Gasteiger partial charge in [0.15, 0.2) is 0 Å². The number of aromatic hydroxyl groups is 2. The lowest BCUT2D eigenvalue weighted by molar-refractivity contribution is -0.144. The van der Waals surface area contributed by atoms with Crippen LogP contribution in [0.25, 0.3) is 0 Å². The second kappa shape index (κ2) is 33.1. The van der Waals surface area contributed by atoms with Crippen molar-refractivity contribution in [3.05, 3.63) is 131 Å². The van der Waals surface area contributed by atoms with Gasteiger partial charge < -0.3 is 78.9 Å². The number of benzene rings is 4. The van der Waals surface area contributed by atoms with Gasteiger partial charge >= 0.3 is 23.9 Å². The highest BCUT2D eigenvalue weighted by molar-refractivity contribution is 5.98. The number of hydrogen-bond donors (Lipinski definition) is 15. The van der Waals surface area contributed by atoms with Crippen molar-refractivity contribution in [2.75, 3.05) is 6.54 Å². The first-order valence-corrected chi connectivity index (χ1v) is 26.4. The van der Waals surface area contributed by atoms with Crippen LogP contribution in [0.1, 0.15) is 68.2 Å². The SMILES string of the molecule is CC(C)C[C@H](NC(=O)[C@H](Cc1ccccc1)NC(=O)[C@@H](N)CC(=O)O)C(=O)NCC(=O)N[C@@H](Cc1ccc(O)cc1)C(=O)N[C@@H](CCC(=O)O)C(=O)N[C@@H](Cc1ccccc1)C(=O)N[C@@H](CC(=O)O)C(=O)N[C@@H](Cc1ccc(O)cc1)C(=O)O. The van der Waals surface area contributed by atoms with E-state index < -0.39 is 152 Å². The summed E-state index contributed by atoms with van der Waals surface area (Å²) in [5.41, 5.74) is 7.49. The molecule has 4 aromatic rings. The molecule has 0 radical (unpaired) electrons. The van der Waals surface area contributed by atoms with Gasteiger partial charge in [0.1, 0.15) is 53.8 Å². The van der Waals surface area contributed by atoms with Gasteiger partial charge in [-0.2, -0.15) is 0 Å². The summed E-state index contributed by atoms with van der Waals surface area (Å²) in [6, 6.07) is 14.3. The number of carbonyl (C=O) groups is 12. The smallest absolute Gasteiger partial charge is 0.326 e. The number of carboxylic acids is 4. The Balaban J connectivity index is 1.57. The third kappa shape index (κ3) is 23.7. The molecular weight excluding hydrogens is 1100 g/mol. The number of hydrogen-bond acceptors (Lipinski definition) is 15. The number of carbonyl (C=O) groups excluding carboxylic acids is 8. The number of phenolic OH excluding ortho intramolecular Hbond substituents is 2. The van der Waals surface area contributed by atoms with Crippen LogP contribution >= 0.6 is 0 Å². The van der Waals surface area contributed by atoms with Gasteiger partial charge in [-0.15, -0.1) is 0 Å². The third-order valence-corrected chi connectivity index (χ3v) is 12.6. The van der Waals surface area contributed by atoms with Crippen LogP contribution in [0.3, 0.4) is 0 Å². The maximum absolute atomic E-state index is 14.3. The first-order valence-electron chi connectivity index (χ1n) is 26.4. The molecule has 0 saturated heterocycles. The summed E-state index contributed by atoms with van der Waals surface area (Å²) in [4.78, 5) is 158. The zero-order valence-electron chi connectivity index (χ0n) is 45.8. The summed E-state index contributed by atoms with van der Waals surface area (Å²) >= 11 is 0. The van der Waals surface area contributed by atoms with E-state index in [1.165, 1.54) is 48.5 Å². The molecule has 0 aliphatic rings. The number of amides is 8. The van der Waals surface area contributed by atoms with Crippen molar-refractivity contribution in [3.63, 3.8) is 0 Å². The molecule has 27 nitrogen and oxygen atoms in total. The summed E-state index contributed by atoms with van der Waals surface area (Å²) in [6.07, 6.45) is -4.23. The average Bonchev–Trinajstić information content (AvgIpc) is 3.64. The van der Waals surface area contributed by atoms with E-state index in [1.807, 2.05) is 0 Å². The molecule has 8 atom stereocenters. The zero-order valence-corrected chi connectivity index (χ0v) is 45.8. The van der Waals surface area contributed by atoms with Gasteiger partial charge in [0.25, 0.3) is 0 Å². The summed E-state index contributed by atoms with van der Waals surface area (Å²) < 4.78 is 0. The summed E-state index contributed by atoms with van der Waals surface area (Å²) in [5, 5.41) is 77.4. The molecule has 84 heavy (non-hydrogen) atoms. The average molecular weight is 1170 g/mol.